The molecule has 0 spiro atoms. The number of ether oxygens (including phenoxy) is 1. The second-order valence-electron chi connectivity index (χ2n) is 4.96. The van der Waals surface area contributed by atoms with Crippen molar-refractivity contribution < 1.29 is 23.6 Å². The number of benzene rings is 2. The minimum absolute atomic E-state index is 0.0168. The number of carbonyl (C=O) groups excluding carboxylic acids is 2. The fraction of sp³-hybridized carbons (Fsp3) is 0.125. The highest BCUT2D eigenvalue weighted by molar-refractivity contribution is 9.10. The van der Waals surface area contributed by atoms with E-state index in [0.29, 0.717) is 4.47 Å². The van der Waals surface area contributed by atoms with Gasteiger partial charge in [-0.25, -0.2) is 9.18 Å². The first-order valence-electron chi connectivity index (χ1n) is 6.95. The molecular formula is C16H12BrFN2O5. The summed E-state index contributed by atoms with van der Waals surface area (Å²) < 4.78 is 19.0. The van der Waals surface area contributed by atoms with Crippen LogP contribution in [0, 0.1) is 22.9 Å². The number of nitro benzene ring substituents is 1. The number of hydrogen-bond donors (Lipinski definition) is 1. The lowest BCUT2D eigenvalue weighted by Gasteiger charge is -2.09. The molecule has 1 amide bonds. The van der Waals surface area contributed by atoms with E-state index in [2.05, 4.69) is 21.2 Å². The third-order valence-electron chi connectivity index (χ3n) is 3.26. The van der Waals surface area contributed by atoms with Crippen molar-refractivity contribution in [3.63, 3.8) is 0 Å². The zero-order valence-electron chi connectivity index (χ0n) is 12.9. The summed E-state index contributed by atoms with van der Waals surface area (Å²) in [7, 11) is 0. The van der Waals surface area contributed by atoms with Gasteiger partial charge in [-0.2, -0.15) is 0 Å². The van der Waals surface area contributed by atoms with E-state index in [1.54, 1.807) is 0 Å². The van der Waals surface area contributed by atoms with Gasteiger partial charge in [-0.1, -0.05) is 22.0 Å². The first kappa shape index (κ1) is 18.5. The van der Waals surface area contributed by atoms with Crippen molar-refractivity contribution in [2.75, 3.05) is 11.9 Å². The van der Waals surface area contributed by atoms with Gasteiger partial charge in [0, 0.05) is 16.1 Å². The number of rotatable bonds is 5. The molecule has 0 aliphatic heterocycles. The van der Waals surface area contributed by atoms with E-state index in [9.17, 15) is 24.1 Å². The maximum atomic E-state index is 13.6. The predicted molar refractivity (Wildman–Crippen MR) is 90.8 cm³/mol. The lowest BCUT2D eigenvalue weighted by atomic mass is 10.1. The average molecular weight is 411 g/mol. The van der Waals surface area contributed by atoms with Gasteiger partial charge >= 0.3 is 5.97 Å². The third-order valence-corrected chi connectivity index (χ3v) is 3.75. The smallest absolute Gasteiger partial charge is 0.339 e. The van der Waals surface area contributed by atoms with Gasteiger partial charge in [0.05, 0.1) is 16.2 Å². The second-order valence-corrected chi connectivity index (χ2v) is 5.87. The lowest BCUT2D eigenvalue weighted by Crippen LogP contribution is -2.21. The number of hydrogen-bond acceptors (Lipinski definition) is 5. The molecule has 7 nitrogen and oxygen atoms in total. The molecule has 9 heteroatoms. The summed E-state index contributed by atoms with van der Waals surface area (Å²) in [5, 5.41) is 13.1. The summed E-state index contributed by atoms with van der Waals surface area (Å²) in [6.07, 6.45) is 0. The molecule has 0 aromatic heterocycles. The van der Waals surface area contributed by atoms with Crippen molar-refractivity contribution in [2.24, 2.45) is 0 Å². The van der Waals surface area contributed by atoms with Crippen LogP contribution < -0.4 is 5.32 Å². The summed E-state index contributed by atoms with van der Waals surface area (Å²) in [6, 6.07) is 8.03. The number of halogens is 2. The number of nitrogens with one attached hydrogen (secondary N) is 1. The van der Waals surface area contributed by atoms with Gasteiger partial charge in [0.2, 0.25) is 0 Å². The molecule has 0 saturated heterocycles. The first-order chi connectivity index (χ1) is 11.8. The second kappa shape index (κ2) is 7.84. The van der Waals surface area contributed by atoms with Gasteiger partial charge in [0.25, 0.3) is 11.6 Å². The Balaban J connectivity index is 2.01. The van der Waals surface area contributed by atoms with Crippen LogP contribution in [0.1, 0.15) is 15.9 Å². The van der Waals surface area contributed by atoms with Crippen molar-refractivity contribution in [1.82, 2.24) is 0 Å². The van der Waals surface area contributed by atoms with Crippen molar-refractivity contribution in [1.29, 1.82) is 0 Å². The minimum atomic E-state index is -0.882. The Morgan fingerprint density at radius 1 is 1.32 bits per heavy atom. The minimum Gasteiger partial charge on any atom is -0.452 e. The zero-order valence-corrected chi connectivity index (χ0v) is 14.5. The molecule has 0 aliphatic carbocycles. The van der Waals surface area contributed by atoms with Crippen molar-refractivity contribution in [3.05, 3.63) is 67.9 Å². The molecule has 0 unspecified atom stereocenters. The molecule has 130 valence electrons. The fourth-order valence-electron chi connectivity index (χ4n) is 2.03. The normalized spacial score (nSPS) is 10.2. The van der Waals surface area contributed by atoms with Gasteiger partial charge in [0.1, 0.15) is 5.82 Å². The van der Waals surface area contributed by atoms with Crippen molar-refractivity contribution in [2.45, 2.75) is 6.92 Å². The zero-order chi connectivity index (χ0) is 18.6. The molecule has 1 N–H and O–H groups in total. The molecule has 0 radical (unpaired) electrons. The lowest BCUT2D eigenvalue weighted by molar-refractivity contribution is -0.385. The van der Waals surface area contributed by atoms with Crippen molar-refractivity contribution >= 4 is 39.2 Å². The van der Waals surface area contributed by atoms with Crippen LogP contribution in [0.2, 0.25) is 0 Å². The fourth-order valence-corrected chi connectivity index (χ4v) is 2.36. The van der Waals surface area contributed by atoms with Crippen LogP contribution in [-0.2, 0) is 9.53 Å². The first-order valence-corrected chi connectivity index (χ1v) is 7.75. The SMILES string of the molecule is Cc1c(C(=O)OCC(=O)Nc2ccc(Br)cc2F)cccc1[N+](=O)[O-]. The Morgan fingerprint density at radius 3 is 2.68 bits per heavy atom. The molecule has 0 atom stereocenters. The van der Waals surface area contributed by atoms with Gasteiger partial charge in [-0.3, -0.25) is 14.9 Å². The standard InChI is InChI=1S/C16H12BrFN2O5/c1-9-11(3-2-4-14(9)20(23)24)16(22)25-8-15(21)19-13-6-5-10(17)7-12(13)18/h2-7H,8H2,1H3,(H,19,21). The predicted octanol–water partition coefficient (Wildman–Crippen LogP) is 3.60. The summed E-state index contributed by atoms with van der Waals surface area (Å²) in [4.78, 5) is 34.0. The number of anilines is 1. The highest BCUT2D eigenvalue weighted by Crippen LogP contribution is 2.22. The molecule has 2 aromatic carbocycles. The highest BCUT2D eigenvalue weighted by Gasteiger charge is 2.20. The number of nitro groups is 1. The molecule has 0 aliphatic rings. The van der Waals surface area contributed by atoms with Crippen LogP contribution in [0.5, 0.6) is 0 Å². The Labute approximate surface area is 150 Å². The molecule has 0 bridgehead atoms. The van der Waals surface area contributed by atoms with Crippen LogP contribution in [-0.4, -0.2) is 23.4 Å². The van der Waals surface area contributed by atoms with Gasteiger partial charge in [-0.15, -0.1) is 0 Å². The molecule has 0 fully saturated rings. The number of carbonyl (C=O) groups is 2. The van der Waals surface area contributed by atoms with Gasteiger partial charge < -0.3 is 10.1 Å². The van der Waals surface area contributed by atoms with E-state index < -0.39 is 29.2 Å². The molecule has 2 rings (SSSR count). The van der Waals surface area contributed by atoms with Crippen LogP contribution in [0.4, 0.5) is 15.8 Å². The van der Waals surface area contributed by atoms with Crippen molar-refractivity contribution in [3.8, 4) is 0 Å². The maximum absolute atomic E-state index is 13.6. The summed E-state index contributed by atoms with van der Waals surface area (Å²) >= 11 is 3.09. The van der Waals surface area contributed by atoms with Gasteiger partial charge in [0.15, 0.2) is 6.61 Å². The topological polar surface area (TPSA) is 98.5 Å². The van der Waals surface area contributed by atoms with Crippen LogP contribution in [0.3, 0.4) is 0 Å². The van der Waals surface area contributed by atoms with Crippen LogP contribution in [0.25, 0.3) is 0 Å². The molecule has 0 heterocycles. The molecule has 0 saturated carbocycles. The Hall–Kier alpha value is -2.81. The van der Waals surface area contributed by atoms with E-state index in [-0.39, 0.29) is 22.5 Å². The quantitative estimate of drug-likeness (QED) is 0.461. The molecule has 25 heavy (non-hydrogen) atoms. The van der Waals surface area contributed by atoms with Crippen LogP contribution in [0.15, 0.2) is 40.9 Å². The monoisotopic (exact) mass is 410 g/mol. The van der Waals surface area contributed by atoms with E-state index in [1.165, 1.54) is 43.3 Å². The van der Waals surface area contributed by atoms with Gasteiger partial charge in [-0.05, 0) is 31.2 Å². The third kappa shape index (κ3) is 4.60. The number of esters is 1. The summed E-state index contributed by atoms with van der Waals surface area (Å²) in [5.74, 6) is -2.27. The molecule has 2 aromatic rings. The Morgan fingerprint density at radius 2 is 2.04 bits per heavy atom. The van der Waals surface area contributed by atoms with Crippen LogP contribution >= 0.6 is 15.9 Å². The van der Waals surface area contributed by atoms with E-state index in [1.807, 2.05) is 0 Å². The molecular weight excluding hydrogens is 399 g/mol. The number of amides is 1. The Kier molecular flexibility index (Phi) is 5.81. The average Bonchev–Trinajstić information content (AvgIpc) is 2.55. The van der Waals surface area contributed by atoms with E-state index in [4.69, 9.17) is 4.74 Å². The van der Waals surface area contributed by atoms with E-state index in [0.717, 1.165) is 0 Å². The Bertz CT molecular complexity index is 856. The maximum Gasteiger partial charge on any atom is 0.339 e. The highest BCUT2D eigenvalue weighted by atomic mass is 79.9. The van der Waals surface area contributed by atoms with E-state index >= 15 is 0 Å². The summed E-state index contributed by atoms with van der Waals surface area (Å²) in [5.41, 5.74) is -0.166. The number of nitrogens with zero attached hydrogens (tertiary/aromatic N) is 1. The summed E-state index contributed by atoms with van der Waals surface area (Å²) in [6.45, 7) is 0.752. The largest absolute Gasteiger partial charge is 0.452 e.